The van der Waals surface area contributed by atoms with Crippen molar-refractivity contribution in [2.45, 2.75) is 57.7 Å². The average Bonchev–Trinajstić information content (AvgIpc) is 3.09. The van der Waals surface area contributed by atoms with Crippen molar-refractivity contribution in [2.75, 3.05) is 12.4 Å². The molecule has 0 fully saturated rings. The maximum absolute atomic E-state index is 14.0. The molecule has 0 bridgehead atoms. The highest BCUT2D eigenvalue weighted by molar-refractivity contribution is 7.99. The van der Waals surface area contributed by atoms with E-state index in [2.05, 4.69) is 31.6 Å². The van der Waals surface area contributed by atoms with E-state index in [0.717, 1.165) is 29.7 Å². The number of hydrogen-bond acceptors (Lipinski definition) is 6. The van der Waals surface area contributed by atoms with Gasteiger partial charge in [-0.25, -0.2) is 14.1 Å². The molecule has 1 atom stereocenters. The number of carbonyl (C=O) groups is 1. The Bertz CT molecular complexity index is 1280. The van der Waals surface area contributed by atoms with E-state index in [-0.39, 0.29) is 22.7 Å². The number of thioether (sulfide) groups is 1. The van der Waals surface area contributed by atoms with Gasteiger partial charge in [0.25, 0.3) is 5.56 Å². The highest BCUT2D eigenvalue weighted by Gasteiger charge is 2.38. The SMILES string of the molecule is C=C(C)Cn1nc(SCC(=O)OCC)n2c(=O)c3c(nc12)-c1ccccc1C[C@]3(C)CC. The van der Waals surface area contributed by atoms with Crippen LogP contribution in [0.3, 0.4) is 0 Å². The van der Waals surface area contributed by atoms with Gasteiger partial charge in [-0.3, -0.25) is 9.59 Å². The van der Waals surface area contributed by atoms with Gasteiger partial charge in [-0.1, -0.05) is 62.0 Å². The predicted octanol–water partition coefficient (Wildman–Crippen LogP) is 4.01. The summed E-state index contributed by atoms with van der Waals surface area (Å²) in [6.07, 6.45) is 1.59. The van der Waals surface area contributed by atoms with E-state index < -0.39 is 0 Å². The molecule has 1 aliphatic carbocycles. The molecule has 3 aromatic rings. The number of fused-ring (bicyclic) bond motifs is 4. The van der Waals surface area contributed by atoms with E-state index in [0.29, 0.717) is 29.6 Å². The number of nitrogens with zero attached hydrogens (tertiary/aromatic N) is 4. The topological polar surface area (TPSA) is 78.5 Å². The van der Waals surface area contributed by atoms with Gasteiger partial charge in [0.2, 0.25) is 5.78 Å². The summed E-state index contributed by atoms with van der Waals surface area (Å²) < 4.78 is 8.29. The first-order valence-electron chi connectivity index (χ1n) is 10.8. The van der Waals surface area contributed by atoms with Gasteiger partial charge in [-0.05, 0) is 32.3 Å². The number of esters is 1. The summed E-state index contributed by atoms with van der Waals surface area (Å²) >= 11 is 1.19. The number of benzene rings is 1. The van der Waals surface area contributed by atoms with E-state index in [1.807, 2.05) is 25.1 Å². The number of hydrogen-bond donors (Lipinski definition) is 0. The van der Waals surface area contributed by atoms with Crippen LogP contribution in [-0.4, -0.2) is 37.5 Å². The second-order valence-corrected chi connectivity index (χ2v) is 9.46. The van der Waals surface area contributed by atoms with E-state index in [4.69, 9.17) is 9.72 Å². The number of carbonyl (C=O) groups excluding carboxylic acids is 1. The van der Waals surface area contributed by atoms with Crippen LogP contribution < -0.4 is 5.56 Å². The maximum Gasteiger partial charge on any atom is 0.316 e. The van der Waals surface area contributed by atoms with E-state index >= 15 is 0 Å². The summed E-state index contributed by atoms with van der Waals surface area (Å²) in [4.78, 5) is 30.9. The average molecular weight is 453 g/mol. The lowest BCUT2D eigenvalue weighted by Crippen LogP contribution is -2.38. The van der Waals surface area contributed by atoms with Gasteiger partial charge in [0.1, 0.15) is 0 Å². The third-order valence-electron chi connectivity index (χ3n) is 5.98. The summed E-state index contributed by atoms with van der Waals surface area (Å²) in [5.74, 6) is 0.189. The second-order valence-electron chi connectivity index (χ2n) is 8.52. The Labute approximate surface area is 191 Å². The predicted molar refractivity (Wildman–Crippen MR) is 126 cm³/mol. The van der Waals surface area contributed by atoms with Crippen molar-refractivity contribution in [1.29, 1.82) is 0 Å². The van der Waals surface area contributed by atoms with Crippen LogP contribution in [0.25, 0.3) is 17.0 Å². The van der Waals surface area contributed by atoms with Crippen LogP contribution in [0.4, 0.5) is 0 Å². The minimum absolute atomic E-state index is 0.0738. The lowest BCUT2D eigenvalue weighted by Gasteiger charge is -2.35. The molecule has 0 N–H and O–H groups in total. The second kappa shape index (κ2) is 8.58. The molecule has 0 saturated carbocycles. The van der Waals surface area contributed by atoms with Crippen molar-refractivity contribution < 1.29 is 9.53 Å². The molecule has 0 unspecified atom stereocenters. The fourth-order valence-electron chi connectivity index (χ4n) is 4.28. The summed E-state index contributed by atoms with van der Waals surface area (Å²) in [5.41, 5.74) is 4.07. The van der Waals surface area contributed by atoms with Crippen LogP contribution in [0, 0.1) is 0 Å². The zero-order valence-electron chi connectivity index (χ0n) is 19.0. The number of aromatic nitrogens is 4. The zero-order valence-corrected chi connectivity index (χ0v) is 19.8. The van der Waals surface area contributed by atoms with E-state index in [9.17, 15) is 9.59 Å². The molecule has 4 rings (SSSR count). The molecular weight excluding hydrogens is 424 g/mol. The monoisotopic (exact) mass is 452 g/mol. The number of ether oxygens (including phenoxy) is 1. The smallest absolute Gasteiger partial charge is 0.316 e. The minimum Gasteiger partial charge on any atom is -0.465 e. The van der Waals surface area contributed by atoms with Gasteiger partial charge in [0.15, 0.2) is 5.16 Å². The summed E-state index contributed by atoms with van der Waals surface area (Å²) in [7, 11) is 0. The molecule has 1 aliphatic rings. The Balaban J connectivity index is 1.98. The largest absolute Gasteiger partial charge is 0.465 e. The molecule has 0 radical (unpaired) electrons. The van der Waals surface area contributed by atoms with Gasteiger partial charge in [-0.15, -0.1) is 5.10 Å². The first-order valence-corrected chi connectivity index (χ1v) is 11.8. The molecule has 2 heterocycles. The maximum atomic E-state index is 14.0. The Hall–Kier alpha value is -2.87. The van der Waals surface area contributed by atoms with Gasteiger partial charge < -0.3 is 4.74 Å². The zero-order chi connectivity index (χ0) is 23.0. The Morgan fingerprint density at radius 2 is 2.06 bits per heavy atom. The van der Waals surface area contributed by atoms with Crippen LogP contribution in [-0.2, 0) is 27.9 Å². The van der Waals surface area contributed by atoms with Gasteiger partial charge in [0, 0.05) is 11.0 Å². The lowest BCUT2D eigenvalue weighted by atomic mass is 9.69. The minimum atomic E-state index is -0.341. The number of allylic oxidation sites excluding steroid dienone is 1. The van der Waals surface area contributed by atoms with Crippen LogP contribution >= 0.6 is 11.8 Å². The molecule has 32 heavy (non-hydrogen) atoms. The first kappa shape index (κ1) is 22.3. The van der Waals surface area contributed by atoms with Crippen LogP contribution in [0.5, 0.6) is 0 Å². The van der Waals surface area contributed by atoms with Crippen molar-refractivity contribution in [1.82, 2.24) is 19.2 Å². The van der Waals surface area contributed by atoms with Gasteiger partial charge in [-0.2, -0.15) is 0 Å². The highest BCUT2D eigenvalue weighted by Crippen LogP contribution is 2.42. The molecule has 7 nitrogen and oxygen atoms in total. The van der Waals surface area contributed by atoms with Gasteiger partial charge in [0.05, 0.1) is 30.2 Å². The molecule has 8 heteroatoms. The quantitative estimate of drug-likeness (QED) is 0.306. The summed E-state index contributed by atoms with van der Waals surface area (Å²) in [5, 5.41) is 5.07. The summed E-state index contributed by atoms with van der Waals surface area (Å²) in [6.45, 7) is 12.6. The van der Waals surface area contributed by atoms with Crippen molar-refractivity contribution in [3.05, 3.63) is 57.9 Å². The third kappa shape index (κ3) is 3.77. The van der Waals surface area contributed by atoms with Crippen LogP contribution in [0.2, 0.25) is 0 Å². The van der Waals surface area contributed by atoms with Crippen molar-refractivity contribution in [2.24, 2.45) is 0 Å². The molecule has 168 valence electrons. The Morgan fingerprint density at radius 3 is 2.75 bits per heavy atom. The third-order valence-corrected chi connectivity index (χ3v) is 6.88. The Kier molecular flexibility index (Phi) is 5.99. The lowest BCUT2D eigenvalue weighted by molar-refractivity contribution is -0.139. The first-order chi connectivity index (χ1) is 15.3. The van der Waals surface area contributed by atoms with Crippen LogP contribution in [0.15, 0.2) is 46.4 Å². The van der Waals surface area contributed by atoms with E-state index in [1.54, 1.807) is 16.0 Å². The van der Waals surface area contributed by atoms with Crippen molar-refractivity contribution in [3.63, 3.8) is 0 Å². The molecule has 0 saturated heterocycles. The highest BCUT2D eigenvalue weighted by atomic mass is 32.2. The van der Waals surface area contributed by atoms with Crippen LogP contribution in [0.1, 0.15) is 45.2 Å². The molecule has 2 aromatic heterocycles. The molecule has 0 amide bonds. The standard InChI is InChI=1S/C24H28N4O3S/c1-6-24(5)12-16-10-8-9-11-17(16)20-19(24)21(30)28-22(25-20)27(13-15(3)4)26-23(28)32-14-18(29)31-7-2/h8-11H,3,6-7,12-14H2,1-2,4-5H3/t24-/m0/s1. The van der Waals surface area contributed by atoms with Gasteiger partial charge >= 0.3 is 5.97 Å². The fraction of sp³-hybridized carbons (Fsp3) is 0.417. The molecule has 1 aromatic carbocycles. The number of rotatable bonds is 7. The molecule has 0 aliphatic heterocycles. The van der Waals surface area contributed by atoms with Crippen molar-refractivity contribution >= 4 is 23.5 Å². The van der Waals surface area contributed by atoms with E-state index in [1.165, 1.54) is 17.3 Å². The fourth-order valence-corrected chi connectivity index (χ4v) is 5.06. The van der Waals surface area contributed by atoms with Crippen molar-refractivity contribution in [3.8, 4) is 11.3 Å². The molecule has 0 spiro atoms. The normalized spacial score (nSPS) is 17.1. The Morgan fingerprint density at radius 1 is 1.31 bits per heavy atom. The molecular formula is C24H28N4O3S. The summed E-state index contributed by atoms with van der Waals surface area (Å²) in [6, 6.07) is 8.15.